The fourth-order valence-electron chi connectivity index (χ4n) is 2.89. The Morgan fingerprint density at radius 1 is 0.462 bits per heavy atom. The van der Waals surface area contributed by atoms with Crippen LogP contribution < -0.4 is 0 Å². The minimum Gasteiger partial charge on any atom is -0.0533 e. The molecule has 0 unspecified atom stereocenters. The first-order chi connectivity index (χ1) is 6.47. The summed E-state index contributed by atoms with van der Waals surface area (Å²) in [7, 11) is 0. The highest BCUT2D eigenvalue weighted by Gasteiger charge is 2.35. The van der Waals surface area contributed by atoms with Crippen molar-refractivity contribution in [2.24, 2.45) is 11.8 Å². The van der Waals surface area contributed by atoms with Crippen molar-refractivity contribution in [3.63, 3.8) is 0 Å². The molecule has 0 aromatic rings. The van der Waals surface area contributed by atoms with Crippen LogP contribution in [0.25, 0.3) is 0 Å². The van der Waals surface area contributed by atoms with E-state index in [-0.39, 0.29) is 0 Å². The van der Waals surface area contributed by atoms with Crippen molar-refractivity contribution < 1.29 is 0 Å². The van der Waals surface area contributed by atoms with Gasteiger partial charge in [0.2, 0.25) is 0 Å². The average Bonchev–Trinajstić information content (AvgIpc) is 2.83. The normalized spacial score (nSPS) is 36.9. The van der Waals surface area contributed by atoms with Gasteiger partial charge in [-0.05, 0) is 18.3 Å². The van der Waals surface area contributed by atoms with E-state index in [1.807, 2.05) is 0 Å². The van der Waals surface area contributed by atoms with Crippen LogP contribution in [0.4, 0.5) is 0 Å². The number of fused-ring (bicyclic) bond motifs is 1. The summed E-state index contributed by atoms with van der Waals surface area (Å²) in [5.74, 6) is 2.33. The van der Waals surface area contributed by atoms with Gasteiger partial charge in [0.15, 0.2) is 0 Å². The zero-order chi connectivity index (χ0) is 8.93. The first-order valence-corrected chi connectivity index (χ1v) is 6.47. The molecule has 2 aliphatic carbocycles. The number of hydrogen-bond acceptors (Lipinski definition) is 0. The molecule has 2 rings (SSSR count). The van der Waals surface area contributed by atoms with Crippen molar-refractivity contribution in [3.8, 4) is 0 Å². The Kier molecular flexibility index (Phi) is 3.69. The lowest BCUT2D eigenvalue weighted by Crippen LogP contribution is -1.89. The Morgan fingerprint density at radius 2 is 0.846 bits per heavy atom. The lowest BCUT2D eigenvalue weighted by molar-refractivity contribution is 0.491. The van der Waals surface area contributed by atoms with E-state index >= 15 is 0 Å². The second kappa shape index (κ2) is 5.02. The van der Waals surface area contributed by atoms with Gasteiger partial charge in [0.05, 0.1) is 0 Å². The maximum absolute atomic E-state index is 1.58. The molecule has 0 N–H and O–H groups in total. The van der Waals surface area contributed by atoms with E-state index in [2.05, 4.69) is 0 Å². The van der Waals surface area contributed by atoms with E-state index in [0.717, 1.165) is 0 Å². The molecule has 0 saturated heterocycles. The van der Waals surface area contributed by atoms with Gasteiger partial charge >= 0.3 is 0 Å². The van der Waals surface area contributed by atoms with Gasteiger partial charge in [-0.15, -0.1) is 0 Å². The van der Waals surface area contributed by atoms with Crippen LogP contribution in [0.2, 0.25) is 0 Å². The summed E-state index contributed by atoms with van der Waals surface area (Å²) in [6, 6.07) is 0. The van der Waals surface area contributed by atoms with Crippen LogP contribution in [-0.4, -0.2) is 0 Å². The van der Waals surface area contributed by atoms with Crippen LogP contribution in [0.5, 0.6) is 0 Å². The van der Waals surface area contributed by atoms with Crippen LogP contribution in [-0.2, 0) is 0 Å². The molecular formula is C13H24. The molecule has 0 aliphatic heterocycles. The lowest BCUT2D eigenvalue weighted by atomic mass is 10.0. The van der Waals surface area contributed by atoms with Gasteiger partial charge in [0.25, 0.3) is 0 Å². The van der Waals surface area contributed by atoms with E-state index in [1.165, 1.54) is 63.2 Å². The maximum atomic E-state index is 1.58. The van der Waals surface area contributed by atoms with Gasteiger partial charge in [-0.3, -0.25) is 0 Å². The lowest BCUT2D eigenvalue weighted by Gasteiger charge is -2.05. The van der Waals surface area contributed by atoms with Crippen molar-refractivity contribution >= 4 is 0 Å². The van der Waals surface area contributed by atoms with Gasteiger partial charge in [-0.25, -0.2) is 0 Å². The van der Waals surface area contributed by atoms with Crippen molar-refractivity contribution in [2.45, 2.75) is 70.6 Å². The predicted octanol–water partition coefficient (Wildman–Crippen LogP) is 4.54. The largest absolute Gasteiger partial charge is 0.0533 e. The molecule has 0 amide bonds. The van der Waals surface area contributed by atoms with Crippen molar-refractivity contribution in [2.75, 3.05) is 0 Å². The molecule has 2 atom stereocenters. The summed E-state index contributed by atoms with van der Waals surface area (Å²) in [5.41, 5.74) is 0. The highest BCUT2D eigenvalue weighted by molar-refractivity contribution is 4.85. The van der Waals surface area contributed by atoms with Crippen molar-refractivity contribution in [3.05, 3.63) is 0 Å². The second-order valence-corrected chi connectivity index (χ2v) is 5.16. The minimum atomic E-state index is 1.17. The molecule has 0 spiro atoms. The molecule has 0 heterocycles. The van der Waals surface area contributed by atoms with Gasteiger partial charge in [-0.2, -0.15) is 0 Å². The summed E-state index contributed by atoms with van der Waals surface area (Å²) in [5, 5.41) is 0. The minimum absolute atomic E-state index is 1.17. The second-order valence-electron chi connectivity index (χ2n) is 5.16. The van der Waals surface area contributed by atoms with E-state index in [9.17, 15) is 0 Å². The molecule has 13 heavy (non-hydrogen) atoms. The Hall–Kier alpha value is 0. The molecule has 0 aromatic heterocycles. The molecule has 2 aliphatic rings. The summed E-state index contributed by atoms with van der Waals surface area (Å²) in [4.78, 5) is 0. The third kappa shape index (κ3) is 3.32. The highest BCUT2D eigenvalue weighted by atomic mass is 14.4. The molecule has 2 saturated carbocycles. The molecule has 76 valence electrons. The zero-order valence-corrected chi connectivity index (χ0v) is 8.93. The molecule has 0 nitrogen and oxygen atoms in total. The quantitative estimate of drug-likeness (QED) is 0.513. The zero-order valence-electron chi connectivity index (χ0n) is 8.93. The van der Waals surface area contributed by atoms with E-state index in [0.29, 0.717) is 0 Å². The highest BCUT2D eigenvalue weighted by Crippen LogP contribution is 2.45. The summed E-state index contributed by atoms with van der Waals surface area (Å²) < 4.78 is 0. The van der Waals surface area contributed by atoms with Crippen molar-refractivity contribution in [1.29, 1.82) is 0 Å². The Morgan fingerprint density at radius 3 is 1.31 bits per heavy atom. The molecule has 0 radical (unpaired) electrons. The van der Waals surface area contributed by atoms with E-state index in [4.69, 9.17) is 0 Å². The Bertz CT molecular complexity index is 123. The van der Waals surface area contributed by atoms with Crippen LogP contribution in [0, 0.1) is 11.8 Å². The van der Waals surface area contributed by atoms with Crippen LogP contribution in [0.1, 0.15) is 70.6 Å². The number of hydrogen-bond donors (Lipinski definition) is 0. The van der Waals surface area contributed by atoms with Crippen LogP contribution >= 0.6 is 0 Å². The van der Waals surface area contributed by atoms with Gasteiger partial charge in [0, 0.05) is 0 Å². The third-order valence-corrected chi connectivity index (χ3v) is 3.97. The van der Waals surface area contributed by atoms with Crippen molar-refractivity contribution in [1.82, 2.24) is 0 Å². The molecule has 0 heteroatoms. The van der Waals surface area contributed by atoms with Gasteiger partial charge < -0.3 is 0 Å². The fourth-order valence-corrected chi connectivity index (χ4v) is 2.89. The smallest absolute Gasteiger partial charge is 0.0383 e. The first-order valence-electron chi connectivity index (χ1n) is 6.47. The standard InChI is InChI=1S/C13H24/c1-2-4-6-8-10-13-11-12(13)9-7-5-3-1/h12-13H,1-11H2/t12-,13-/m0/s1. The molecule has 0 bridgehead atoms. The third-order valence-electron chi connectivity index (χ3n) is 3.97. The summed E-state index contributed by atoms with van der Waals surface area (Å²) in [6.07, 6.45) is 16.8. The summed E-state index contributed by atoms with van der Waals surface area (Å²) in [6.45, 7) is 0. The Labute approximate surface area is 83.1 Å². The Balaban J connectivity index is 1.66. The van der Waals surface area contributed by atoms with E-state index < -0.39 is 0 Å². The topological polar surface area (TPSA) is 0 Å². The fraction of sp³-hybridized carbons (Fsp3) is 1.00. The summed E-state index contributed by atoms with van der Waals surface area (Å²) >= 11 is 0. The molecule has 2 fully saturated rings. The first kappa shape index (κ1) is 9.55. The van der Waals surface area contributed by atoms with Crippen LogP contribution in [0.3, 0.4) is 0 Å². The molecule has 0 aromatic carbocycles. The van der Waals surface area contributed by atoms with Crippen LogP contribution in [0.15, 0.2) is 0 Å². The maximum Gasteiger partial charge on any atom is -0.0383 e. The average molecular weight is 180 g/mol. The predicted molar refractivity (Wildman–Crippen MR) is 57.8 cm³/mol. The SMILES string of the molecule is C1CCCCC[C@H]2C[C@@H]2CCCC1. The van der Waals surface area contributed by atoms with E-state index in [1.54, 1.807) is 19.3 Å². The molecular weight excluding hydrogens is 156 g/mol. The van der Waals surface area contributed by atoms with Gasteiger partial charge in [0.1, 0.15) is 0 Å². The monoisotopic (exact) mass is 180 g/mol. The van der Waals surface area contributed by atoms with Gasteiger partial charge in [-0.1, -0.05) is 64.2 Å². The number of rotatable bonds is 0.